The summed E-state index contributed by atoms with van der Waals surface area (Å²) in [5, 5.41) is 7.39. The molecule has 1 aromatic heterocycles. The van der Waals surface area contributed by atoms with Crippen LogP contribution >= 0.6 is 28.3 Å². The lowest BCUT2D eigenvalue weighted by molar-refractivity contribution is 0.0896. The van der Waals surface area contributed by atoms with Gasteiger partial charge in [0.15, 0.2) is 5.76 Å². The van der Waals surface area contributed by atoms with E-state index in [4.69, 9.17) is 4.42 Å². The first-order chi connectivity index (χ1) is 10.5. The van der Waals surface area contributed by atoms with E-state index in [0.717, 1.165) is 46.9 Å². The highest BCUT2D eigenvalue weighted by Crippen LogP contribution is 2.29. The third-order valence-electron chi connectivity index (χ3n) is 4.59. The predicted octanol–water partition coefficient (Wildman–Crippen LogP) is 4.05. The van der Waals surface area contributed by atoms with Gasteiger partial charge in [0.05, 0.1) is 0 Å². The molecule has 2 N–H and O–H groups in total. The Balaban J connectivity index is 0.00000192. The first-order valence-corrected chi connectivity index (χ1v) is 8.45. The molecule has 0 unspecified atom stereocenters. The molecule has 2 aromatic rings. The van der Waals surface area contributed by atoms with Crippen molar-refractivity contribution in [2.45, 2.75) is 26.7 Å². The van der Waals surface area contributed by atoms with Crippen LogP contribution in [0.4, 0.5) is 0 Å². The molecule has 126 valence electrons. The molecule has 23 heavy (non-hydrogen) atoms. The number of amides is 1. The average molecular weight is 402 g/mol. The van der Waals surface area contributed by atoms with E-state index in [9.17, 15) is 4.79 Å². The quantitative estimate of drug-likeness (QED) is 0.816. The van der Waals surface area contributed by atoms with Gasteiger partial charge < -0.3 is 15.1 Å². The van der Waals surface area contributed by atoms with E-state index in [-0.39, 0.29) is 23.7 Å². The number of carbonyl (C=O) groups excluding carboxylic acids is 1. The van der Waals surface area contributed by atoms with Crippen LogP contribution in [0, 0.1) is 12.3 Å². The molecule has 0 spiro atoms. The molecule has 1 amide bonds. The Labute approximate surface area is 150 Å². The summed E-state index contributed by atoms with van der Waals surface area (Å²) < 4.78 is 6.73. The number of piperidine rings is 1. The molecule has 6 heteroatoms. The first kappa shape index (κ1) is 18.3. The summed E-state index contributed by atoms with van der Waals surface area (Å²) in [5.41, 5.74) is 1.81. The fourth-order valence-electron chi connectivity index (χ4n) is 2.99. The zero-order chi connectivity index (χ0) is 15.7. The molecular weight excluding hydrogens is 380 g/mol. The second-order valence-corrected chi connectivity index (χ2v) is 7.36. The van der Waals surface area contributed by atoms with Crippen molar-refractivity contribution >= 4 is 45.2 Å². The summed E-state index contributed by atoms with van der Waals surface area (Å²) >= 11 is 3.45. The van der Waals surface area contributed by atoms with Crippen LogP contribution in [0.1, 0.15) is 35.9 Å². The van der Waals surface area contributed by atoms with Crippen molar-refractivity contribution in [3.63, 3.8) is 0 Å². The minimum atomic E-state index is -0.121. The van der Waals surface area contributed by atoms with Crippen LogP contribution in [-0.2, 0) is 0 Å². The van der Waals surface area contributed by atoms with Gasteiger partial charge in [-0.25, -0.2) is 0 Å². The molecule has 3 rings (SSSR count). The van der Waals surface area contributed by atoms with Gasteiger partial charge in [-0.3, -0.25) is 4.79 Å². The van der Waals surface area contributed by atoms with Crippen molar-refractivity contribution in [3.05, 3.63) is 34.0 Å². The van der Waals surface area contributed by atoms with Crippen molar-refractivity contribution in [1.82, 2.24) is 10.6 Å². The number of aryl methyl sites for hydroxylation is 1. The summed E-state index contributed by atoms with van der Waals surface area (Å²) in [5.74, 6) is 0.301. The summed E-state index contributed by atoms with van der Waals surface area (Å²) in [7, 11) is 0. The molecule has 1 saturated heterocycles. The second kappa shape index (κ2) is 7.24. The maximum atomic E-state index is 12.5. The Morgan fingerprint density at radius 2 is 2.09 bits per heavy atom. The van der Waals surface area contributed by atoms with Crippen molar-refractivity contribution in [3.8, 4) is 0 Å². The molecule has 1 fully saturated rings. The monoisotopic (exact) mass is 400 g/mol. The van der Waals surface area contributed by atoms with E-state index >= 15 is 0 Å². The molecule has 1 aliphatic heterocycles. The number of hydrogen-bond acceptors (Lipinski definition) is 3. The Hall–Kier alpha value is -1.04. The number of furan rings is 1. The van der Waals surface area contributed by atoms with Gasteiger partial charge in [0.1, 0.15) is 5.58 Å². The molecule has 0 radical (unpaired) electrons. The minimum Gasteiger partial charge on any atom is -0.451 e. The molecule has 0 aliphatic carbocycles. The molecule has 0 atom stereocenters. The summed E-state index contributed by atoms with van der Waals surface area (Å²) in [6, 6.07) is 5.79. The summed E-state index contributed by atoms with van der Waals surface area (Å²) in [6.07, 6.45) is 2.17. The van der Waals surface area contributed by atoms with Crippen LogP contribution in [0.15, 0.2) is 27.1 Å². The van der Waals surface area contributed by atoms with Crippen molar-refractivity contribution < 1.29 is 9.21 Å². The van der Waals surface area contributed by atoms with Gasteiger partial charge >= 0.3 is 0 Å². The topological polar surface area (TPSA) is 54.3 Å². The second-order valence-electron chi connectivity index (χ2n) is 6.44. The fourth-order valence-corrected chi connectivity index (χ4v) is 3.35. The number of fused-ring (bicyclic) bond motifs is 1. The lowest BCUT2D eigenvalue weighted by Gasteiger charge is -2.34. The largest absolute Gasteiger partial charge is 0.451 e. The highest BCUT2D eigenvalue weighted by atomic mass is 79.9. The van der Waals surface area contributed by atoms with Crippen LogP contribution in [0.25, 0.3) is 11.0 Å². The highest BCUT2D eigenvalue weighted by molar-refractivity contribution is 9.10. The highest BCUT2D eigenvalue weighted by Gasteiger charge is 2.28. The van der Waals surface area contributed by atoms with Crippen molar-refractivity contribution in [2.75, 3.05) is 19.6 Å². The van der Waals surface area contributed by atoms with E-state index in [1.54, 1.807) is 0 Å². The van der Waals surface area contributed by atoms with E-state index in [0.29, 0.717) is 12.3 Å². The maximum Gasteiger partial charge on any atom is 0.287 e. The molecule has 2 heterocycles. The van der Waals surface area contributed by atoms with Gasteiger partial charge in [0.2, 0.25) is 0 Å². The maximum absolute atomic E-state index is 12.5. The third kappa shape index (κ3) is 3.90. The van der Waals surface area contributed by atoms with Gasteiger partial charge in [0, 0.05) is 22.0 Å². The SMILES string of the molecule is Cc1c(C(=O)NCC2(C)CCNCC2)oc2ccc(Br)cc12.Cl. The predicted molar refractivity (Wildman–Crippen MR) is 98.4 cm³/mol. The third-order valence-corrected chi connectivity index (χ3v) is 5.08. The van der Waals surface area contributed by atoms with E-state index in [1.807, 2.05) is 25.1 Å². The van der Waals surface area contributed by atoms with Gasteiger partial charge in [-0.1, -0.05) is 22.9 Å². The van der Waals surface area contributed by atoms with Gasteiger partial charge in [0.25, 0.3) is 5.91 Å². The minimum absolute atomic E-state index is 0. The van der Waals surface area contributed by atoms with Crippen LogP contribution in [0.5, 0.6) is 0 Å². The lowest BCUT2D eigenvalue weighted by Crippen LogP contribution is -2.42. The zero-order valence-corrected chi connectivity index (χ0v) is 15.8. The number of halogens is 2. The lowest BCUT2D eigenvalue weighted by atomic mass is 9.81. The van der Waals surface area contributed by atoms with Crippen LogP contribution in [0.2, 0.25) is 0 Å². The van der Waals surface area contributed by atoms with Crippen molar-refractivity contribution in [2.24, 2.45) is 5.41 Å². The molecule has 4 nitrogen and oxygen atoms in total. The standard InChI is InChI=1S/C17H21BrN2O2.ClH/c1-11-13-9-12(18)3-4-14(13)22-15(11)16(21)20-10-17(2)5-7-19-8-6-17;/h3-4,9,19H,5-8,10H2,1-2H3,(H,20,21);1H. The Morgan fingerprint density at radius 3 is 2.78 bits per heavy atom. The van der Waals surface area contributed by atoms with E-state index < -0.39 is 0 Å². The number of benzene rings is 1. The number of hydrogen-bond donors (Lipinski definition) is 2. The van der Waals surface area contributed by atoms with E-state index in [1.165, 1.54) is 0 Å². The number of nitrogens with one attached hydrogen (secondary N) is 2. The van der Waals surface area contributed by atoms with Gasteiger partial charge in [-0.05, 0) is 56.5 Å². The summed E-state index contributed by atoms with van der Waals surface area (Å²) in [6.45, 7) is 6.89. The van der Waals surface area contributed by atoms with Crippen LogP contribution in [-0.4, -0.2) is 25.5 Å². The molecule has 0 bridgehead atoms. The summed E-state index contributed by atoms with van der Waals surface area (Å²) in [4.78, 5) is 12.5. The fraction of sp³-hybridized carbons (Fsp3) is 0.471. The Kier molecular flexibility index (Phi) is 5.76. The van der Waals surface area contributed by atoms with Crippen LogP contribution < -0.4 is 10.6 Å². The Bertz CT molecular complexity index is 708. The molecule has 1 aliphatic rings. The van der Waals surface area contributed by atoms with Crippen molar-refractivity contribution in [1.29, 1.82) is 0 Å². The first-order valence-electron chi connectivity index (χ1n) is 7.66. The van der Waals surface area contributed by atoms with Crippen LogP contribution in [0.3, 0.4) is 0 Å². The number of carbonyl (C=O) groups is 1. The molecular formula is C17H22BrClN2O2. The molecule has 0 saturated carbocycles. The molecule has 1 aromatic carbocycles. The van der Waals surface area contributed by atoms with Gasteiger partial charge in [-0.2, -0.15) is 0 Å². The number of rotatable bonds is 3. The smallest absolute Gasteiger partial charge is 0.287 e. The Morgan fingerprint density at radius 1 is 1.39 bits per heavy atom. The average Bonchev–Trinajstić information content (AvgIpc) is 2.83. The zero-order valence-electron chi connectivity index (χ0n) is 13.4. The van der Waals surface area contributed by atoms with Gasteiger partial charge in [-0.15, -0.1) is 12.4 Å². The normalized spacial score (nSPS) is 16.8. The van der Waals surface area contributed by atoms with E-state index in [2.05, 4.69) is 33.5 Å².